The van der Waals surface area contributed by atoms with E-state index in [0.717, 1.165) is 39.6 Å². The third-order valence-corrected chi connectivity index (χ3v) is 6.83. The lowest BCUT2D eigenvalue weighted by molar-refractivity contribution is 0.0697. The second-order valence-electron chi connectivity index (χ2n) is 8.85. The molecule has 7 heteroatoms. The number of carbonyl (C=O) groups is 1. The molecule has 1 fully saturated rings. The maximum Gasteiger partial charge on any atom is 0.335 e. The number of thiocarbonyl (C=S) groups is 1. The SMILES string of the molecule is Cc1cccc(N2C(=S)N[C@@H](c3ccccn3)[C@H]2c2cc(C)n(-c3cccc(C(=O)O)c3)c2C)c1. The number of carboxylic acid groups (broad SMARTS) is 1. The minimum atomic E-state index is -0.944. The van der Waals surface area contributed by atoms with Crippen molar-refractivity contribution < 1.29 is 9.90 Å². The second-order valence-corrected chi connectivity index (χ2v) is 9.24. The molecule has 176 valence electrons. The fourth-order valence-corrected chi connectivity index (χ4v) is 5.34. The quantitative estimate of drug-likeness (QED) is 0.357. The van der Waals surface area contributed by atoms with Crippen LogP contribution in [0.4, 0.5) is 5.69 Å². The molecule has 1 aliphatic rings. The van der Waals surface area contributed by atoms with Gasteiger partial charge in [-0.3, -0.25) is 4.98 Å². The van der Waals surface area contributed by atoms with Crippen LogP contribution in [-0.4, -0.2) is 25.7 Å². The van der Waals surface area contributed by atoms with Gasteiger partial charge in [-0.25, -0.2) is 4.79 Å². The van der Waals surface area contributed by atoms with Crippen LogP contribution in [0.15, 0.2) is 79.0 Å². The third kappa shape index (κ3) is 4.08. The van der Waals surface area contributed by atoms with Gasteiger partial charge in [0.25, 0.3) is 0 Å². The monoisotopic (exact) mass is 482 g/mol. The number of anilines is 1. The van der Waals surface area contributed by atoms with Gasteiger partial charge in [0.05, 0.1) is 23.3 Å². The number of aromatic carboxylic acids is 1. The van der Waals surface area contributed by atoms with Crippen molar-refractivity contribution >= 4 is 29.0 Å². The van der Waals surface area contributed by atoms with Crippen LogP contribution < -0.4 is 10.2 Å². The molecule has 2 atom stereocenters. The van der Waals surface area contributed by atoms with Crippen LogP contribution in [0.2, 0.25) is 0 Å². The Bertz CT molecular complexity index is 1430. The van der Waals surface area contributed by atoms with Gasteiger partial charge in [0.1, 0.15) is 0 Å². The Morgan fingerprint density at radius 2 is 1.74 bits per heavy atom. The summed E-state index contributed by atoms with van der Waals surface area (Å²) < 4.78 is 2.10. The largest absolute Gasteiger partial charge is 0.478 e. The maximum atomic E-state index is 11.6. The summed E-state index contributed by atoms with van der Waals surface area (Å²) >= 11 is 5.86. The highest BCUT2D eigenvalue weighted by molar-refractivity contribution is 7.80. The molecule has 1 aliphatic heterocycles. The predicted molar refractivity (Wildman–Crippen MR) is 141 cm³/mol. The molecule has 2 aromatic heterocycles. The first-order chi connectivity index (χ1) is 16.8. The Balaban J connectivity index is 1.68. The van der Waals surface area contributed by atoms with Crippen LogP contribution in [0.3, 0.4) is 0 Å². The van der Waals surface area contributed by atoms with Gasteiger partial charge >= 0.3 is 5.97 Å². The molecule has 1 saturated heterocycles. The van der Waals surface area contributed by atoms with Crippen LogP contribution in [0.25, 0.3) is 5.69 Å². The number of benzene rings is 2. The van der Waals surface area contributed by atoms with Crippen LogP contribution in [0, 0.1) is 20.8 Å². The highest BCUT2D eigenvalue weighted by atomic mass is 32.1. The fraction of sp³-hybridized carbons (Fsp3) is 0.179. The Kier molecular flexibility index (Phi) is 5.86. The van der Waals surface area contributed by atoms with Crippen molar-refractivity contribution in [1.82, 2.24) is 14.9 Å². The Morgan fingerprint density at radius 3 is 2.46 bits per heavy atom. The topological polar surface area (TPSA) is 70.4 Å². The molecule has 0 unspecified atom stereocenters. The van der Waals surface area contributed by atoms with E-state index in [1.165, 1.54) is 0 Å². The number of rotatable bonds is 5. The highest BCUT2D eigenvalue weighted by Gasteiger charge is 2.42. The number of aromatic nitrogens is 2. The third-order valence-electron chi connectivity index (χ3n) is 6.52. The van der Waals surface area contributed by atoms with Crippen LogP contribution >= 0.6 is 12.2 Å². The van der Waals surface area contributed by atoms with Crippen molar-refractivity contribution in [3.05, 3.63) is 113 Å². The van der Waals surface area contributed by atoms with Crippen LogP contribution in [0.1, 0.15) is 50.7 Å². The fourth-order valence-electron chi connectivity index (χ4n) is 4.99. The Labute approximate surface area is 209 Å². The first-order valence-corrected chi connectivity index (χ1v) is 11.9. The van der Waals surface area contributed by atoms with Crippen molar-refractivity contribution in [2.75, 3.05) is 4.90 Å². The first kappa shape index (κ1) is 22.8. The summed E-state index contributed by atoms with van der Waals surface area (Å²) in [4.78, 5) is 18.4. The molecule has 5 rings (SSSR count). The van der Waals surface area contributed by atoms with E-state index < -0.39 is 5.97 Å². The Morgan fingerprint density at radius 1 is 0.971 bits per heavy atom. The van der Waals surface area contributed by atoms with Crippen molar-refractivity contribution in [2.45, 2.75) is 32.9 Å². The van der Waals surface area contributed by atoms with E-state index in [1.807, 2.05) is 37.3 Å². The van der Waals surface area contributed by atoms with Crippen molar-refractivity contribution in [3.8, 4) is 5.69 Å². The summed E-state index contributed by atoms with van der Waals surface area (Å²) in [5.74, 6) is -0.944. The zero-order valence-electron chi connectivity index (χ0n) is 19.8. The molecule has 2 aromatic carbocycles. The molecule has 6 nitrogen and oxygen atoms in total. The summed E-state index contributed by atoms with van der Waals surface area (Å²) in [6.45, 7) is 6.18. The average molecular weight is 483 g/mol. The molecule has 0 radical (unpaired) electrons. The smallest absolute Gasteiger partial charge is 0.335 e. The lowest BCUT2D eigenvalue weighted by Gasteiger charge is -2.28. The predicted octanol–water partition coefficient (Wildman–Crippen LogP) is 5.67. The van der Waals surface area contributed by atoms with Gasteiger partial charge in [0, 0.05) is 29.0 Å². The minimum Gasteiger partial charge on any atom is -0.478 e. The van der Waals surface area contributed by atoms with E-state index in [4.69, 9.17) is 12.2 Å². The standard InChI is InChI=1S/C28H26N4O2S/c1-17-8-6-10-21(14-17)32-26(25(30-28(32)35)24-12-4-5-13-29-24)23-15-18(2)31(19(23)3)22-11-7-9-20(16-22)27(33)34/h4-16,25-26H,1-3H3,(H,30,35)(H,33,34)/t25-,26+/m0/s1. The molecule has 0 saturated carbocycles. The number of carboxylic acids is 1. The van der Waals surface area contributed by atoms with Crippen LogP contribution in [0.5, 0.6) is 0 Å². The maximum absolute atomic E-state index is 11.6. The van der Waals surface area contributed by atoms with Gasteiger partial charge < -0.3 is 19.9 Å². The van der Waals surface area contributed by atoms with E-state index in [-0.39, 0.29) is 17.6 Å². The number of nitrogens with one attached hydrogen (secondary N) is 1. The first-order valence-electron chi connectivity index (χ1n) is 11.4. The molecule has 2 N–H and O–H groups in total. The molecule has 0 amide bonds. The lowest BCUT2D eigenvalue weighted by atomic mass is 9.96. The van der Waals surface area contributed by atoms with Gasteiger partial charge in [0.15, 0.2) is 5.11 Å². The van der Waals surface area contributed by atoms with E-state index >= 15 is 0 Å². The molecule has 0 bridgehead atoms. The summed E-state index contributed by atoms with van der Waals surface area (Å²) in [5, 5.41) is 13.7. The van der Waals surface area contributed by atoms with Gasteiger partial charge in [-0.2, -0.15) is 0 Å². The van der Waals surface area contributed by atoms with E-state index in [9.17, 15) is 9.90 Å². The zero-order chi connectivity index (χ0) is 24.7. The van der Waals surface area contributed by atoms with Crippen LogP contribution in [-0.2, 0) is 0 Å². The summed E-state index contributed by atoms with van der Waals surface area (Å²) in [5.41, 5.74) is 7.30. The van der Waals surface area contributed by atoms with Gasteiger partial charge in [-0.1, -0.05) is 24.3 Å². The van der Waals surface area contributed by atoms with Gasteiger partial charge in [-0.05, 0) is 92.6 Å². The van der Waals surface area contributed by atoms with Gasteiger partial charge in [-0.15, -0.1) is 0 Å². The summed E-state index contributed by atoms with van der Waals surface area (Å²) in [6, 6.07) is 23.1. The molecule has 3 heterocycles. The number of hydrogen-bond donors (Lipinski definition) is 2. The molecular formula is C28H26N4O2S. The minimum absolute atomic E-state index is 0.137. The summed E-state index contributed by atoms with van der Waals surface area (Å²) in [6.07, 6.45) is 1.80. The number of pyridine rings is 1. The lowest BCUT2D eigenvalue weighted by Crippen LogP contribution is -2.29. The normalized spacial score (nSPS) is 17.5. The molecule has 0 spiro atoms. The van der Waals surface area contributed by atoms with E-state index in [0.29, 0.717) is 5.11 Å². The summed E-state index contributed by atoms with van der Waals surface area (Å²) in [7, 11) is 0. The zero-order valence-corrected chi connectivity index (χ0v) is 20.6. The van der Waals surface area contributed by atoms with Crippen molar-refractivity contribution in [3.63, 3.8) is 0 Å². The number of aryl methyl sites for hydroxylation is 2. The highest BCUT2D eigenvalue weighted by Crippen LogP contribution is 2.43. The molecular weight excluding hydrogens is 456 g/mol. The van der Waals surface area contributed by atoms with Crippen molar-refractivity contribution in [1.29, 1.82) is 0 Å². The number of nitrogens with zero attached hydrogens (tertiary/aromatic N) is 3. The molecule has 0 aliphatic carbocycles. The molecule has 4 aromatic rings. The van der Waals surface area contributed by atoms with E-state index in [1.54, 1.807) is 24.4 Å². The molecule has 35 heavy (non-hydrogen) atoms. The van der Waals surface area contributed by atoms with Crippen molar-refractivity contribution in [2.24, 2.45) is 0 Å². The van der Waals surface area contributed by atoms with E-state index in [2.05, 4.69) is 57.9 Å². The number of hydrogen-bond acceptors (Lipinski definition) is 3. The van der Waals surface area contributed by atoms with Gasteiger partial charge in [0.2, 0.25) is 0 Å². The Hall–Kier alpha value is -3.97. The average Bonchev–Trinajstić information content (AvgIpc) is 3.34. The second kappa shape index (κ2) is 9.00.